The van der Waals surface area contributed by atoms with Crippen molar-refractivity contribution in [1.82, 2.24) is 20.5 Å². The van der Waals surface area contributed by atoms with E-state index in [0.29, 0.717) is 10.2 Å². The molecule has 2 aromatic rings. The summed E-state index contributed by atoms with van der Waals surface area (Å²) in [5.41, 5.74) is 1.67. The molecule has 0 radical (unpaired) electrons. The van der Waals surface area contributed by atoms with Crippen LogP contribution in [0, 0.1) is 0 Å². The van der Waals surface area contributed by atoms with Crippen molar-refractivity contribution in [2.45, 2.75) is 0 Å². The fourth-order valence-corrected chi connectivity index (χ4v) is 1.74. The molecule has 14 heavy (non-hydrogen) atoms. The summed E-state index contributed by atoms with van der Waals surface area (Å²) in [4.78, 5) is 26.5. The first-order valence-electron chi connectivity index (χ1n) is 3.78. The number of hydrogen-bond donors (Lipinski definition) is 2. The molecule has 2 heterocycles. The highest BCUT2D eigenvalue weighted by Gasteiger charge is 2.14. The van der Waals surface area contributed by atoms with E-state index in [1.807, 2.05) is 0 Å². The van der Waals surface area contributed by atoms with Gasteiger partial charge in [0.2, 0.25) is 0 Å². The molecule has 0 spiro atoms. The second-order valence-corrected chi connectivity index (χ2v) is 3.37. The van der Waals surface area contributed by atoms with Crippen LogP contribution in [0.4, 0.5) is 0 Å². The van der Waals surface area contributed by atoms with Gasteiger partial charge in [0.05, 0.1) is 5.51 Å². The number of nitrogens with zero attached hydrogens (tertiary/aromatic N) is 2. The molecule has 0 atom stereocenters. The van der Waals surface area contributed by atoms with Crippen molar-refractivity contribution < 1.29 is 4.79 Å². The smallest absolute Gasteiger partial charge is 0.283 e. The third-order valence-electron chi connectivity index (χ3n) is 1.71. The molecule has 0 aliphatic carbocycles. The van der Waals surface area contributed by atoms with Crippen LogP contribution >= 0.6 is 11.3 Å². The Morgan fingerprint density at radius 1 is 1.64 bits per heavy atom. The van der Waals surface area contributed by atoms with E-state index in [-0.39, 0.29) is 17.2 Å². The maximum atomic E-state index is 11.3. The van der Waals surface area contributed by atoms with Gasteiger partial charge in [-0.2, -0.15) is 5.10 Å². The number of aromatic nitrogens is 3. The van der Waals surface area contributed by atoms with Crippen molar-refractivity contribution in [3.8, 4) is 0 Å². The van der Waals surface area contributed by atoms with Gasteiger partial charge in [-0.15, -0.1) is 11.3 Å². The monoisotopic (exact) mass is 210 g/mol. The molecular weight excluding hydrogens is 204 g/mol. The van der Waals surface area contributed by atoms with Gasteiger partial charge in [0.1, 0.15) is 10.2 Å². The highest BCUT2D eigenvalue weighted by atomic mass is 32.1. The lowest BCUT2D eigenvalue weighted by atomic mass is 10.3. The van der Waals surface area contributed by atoms with Crippen molar-refractivity contribution >= 4 is 27.5 Å². The summed E-state index contributed by atoms with van der Waals surface area (Å²) in [6.45, 7) is 0. The summed E-state index contributed by atoms with van der Waals surface area (Å²) in [6, 6.07) is 0. The summed E-state index contributed by atoms with van der Waals surface area (Å²) in [5.74, 6) is -0.364. The summed E-state index contributed by atoms with van der Waals surface area (Å²) in [7, 11) is 1.49. The summed E-state index contributed by atoms with van der Waals surface area (Å²) >= 11 is 1.18. The van der Waals surface area contributed by atoms with Crippen LogP contribution in [0.15, 0.2) is 10.3 Å². The third kappa shape index (κ3) is 1.18. The van der Waals surface area contributed by atoms with Crippen LogP contribution in [0.25, 0.3) is 10.2 Å². The molecule has 0 aromatic carbocycles. The van der Waals surface area contributed by atoms with E-state index in [0.717, 1.165) is 0 Å². The van der Waals surface area contributed by atoms with Crippen LogP contribution in [0.5, 0.6) is 0 Å². The zero-order chi connectivity index (χ0) is 10.1. The second-order valence-electron chi connectivity index (χ2n) is 2.51. The predicted octanol–water partition coefficient (Wildman–Crippen LogP) is -0.261. The molecule has 6 nitrogen and oxygen atoms in total. The fraction of sp³-hybridized carbons (Fsp3) is 0.143. The minimum atomic E-state index is -0.364. The van der Waals surface area contributed by atoms with Crippen LogP contribution in [0.2, 0.25) is 0 Å². The number of aromatic amines is 1. The van der Waals surface area contributed by atoms with Gasteiger partial charge in [-0.05, 0) is 0 Å². The molecule has 0 aliphatic heterocycles. The average molecular weight is 210 g/mol. The number of H-pyrrole nitrogens is 1. The standard InChI is InChI=1S/C7H6N4O2S/c1-8-6(12)4-3-5(14-2-9-3)7(13)11-10-4/h2H,1H3,(H,8,12)(H,11,13). The molecule has 7 heteroatoms. The Morgan fingerprint density at radius 2 is 2.43 bits per heavy atom. The number of amides is 1. The first-order chi connectivity index (χ1) is 6.74. The van der Waals surface area contributed by atoms with Crippen LogP contribution in [0.3, 0.4) is 0 Å². The van der Waals surface area contributed by atoms with Gasteiger partial charge in [-0.1, -0.05) is 0 Å². The quantitative estimate of drug-likeness (QED) is 0.678. The molecular formula is C7H6N4O2S. The molecule has 2 rings (SSSR count). The van der Waals surface area contributed by atoms with E-state index in [1.54, 1.807) is 0 Å². The molecule has 0 saturated heterocycles. The fourth-order valence-electron chi connectivity index (χ4n) is 1.06. The normalized spacial score (nSPS) is 10.4. The Bertz CT molecular complexity index is 544. The van der Waals surface area contributed by atoms with Gasteiger partial charge in [0.25, 0.3) is 11.5 Å². The Morgan fingerprint density at radius 3 is 3.14 bits per heavy atom. The number of hydrogen-bond acceptors (Lipinski definition) is 5. The minimum Gasteiger partial charge on any atom is -0.354 e. The molecule has 0 fully saturated rings. The average Bonchev–Trinajstić information content (AvgIpc) is 2.67. The molecule has 0 aliphatic rings. The number of thiazole rings is 1. The van der Waals surface area contributed by atoms with E-state index in [9.17, 15) is 9.59 Å². The first kappa shape index (κ1) is 8.82. The Labute approximate surface area is 82.0 Å². The summed E-state index contributed by atoms with van der Waals surface area (Å²) < 4.78 is 0.415. The minimum absolute atomic E-state index is 0.142. The maximum absolute atomic E-state index is 11.3. The van der Waals surface area contributed by atoms with E-state index in [1.165, 1.54) is 23.9 Å². The highest BCUT2D eigenvalue weighted by Crippen LogP contribution is 2.14. The van der Waals surface area contributed by atoms with E-state index in [2.05, 4.69) is 20.5 Å². The zero-order valence-electron chi connectivity index (χ0n) is 7.20. The molecule has 1 amide bonds. The first-order valence-corrected chi connectivity index (χ1v) is 4.66. The van der Waals surface area contributed by atoms with Gasteiger partial charge in [0, 0.05) is 7.05 Å². The van der Waals surface area contributed by atoms with E-state index >= 15 is 0 Å². The summed E-state index contributed by atoms with van der Waals surface area (Å²) in [6.07, 6.45) is 0. The van der Waals surface area contributed by atoms with Crippen LogP contribution < -0.4 is 10.9 Å². The number of nitrogens with one attached hydrogen (secondary N) is 2. The number of fused-ring (bicyclic) bond motifs is 1. The van der Waals surface area contributed by atoms with Crippen molar-refractivity contribution in [3.63, 3.8) is 0 Å². The zero-order valence-corrected chi connectivity index (χ0v) is 8.01. The van der Waals surface area contributed by atoms with E-state index in [4.69, 9.17) is 0 Å². The number of carbonyl (C=O) groups excluding carboxylic acids is 1. The lowest BCUT2D eigenvalue weighted by Gasteiger charge is -1.97. The van der Waals surface area contributed by atoms with Crippen molar-refractivity contribution in [3.05, 3.63) is 21.6 Å². The van der Waals surface area contributed by atoms with E-state index < -0.39 is 0 Å². The molecule has 2 aromatic heterocycles. The van der Waals surface area contributed by atoms with Gasteiger partial charge in [0.15, 0.2) is 5.69 Å². The van der Waals surface area contributed by atoms with Crippen molar-refractivity contribution in [2.75, 3.05) is 7.05 Å². The summed E-state index contributed by atoms with van der Waals surface area (Å²) in [5, 5.41) is 8.32. The molecule has 0 saturated carbocycles. The van der Waals surface area contributed by atoms with Crippen LogP contribution in [-0.2, 0) is 0 Å². The molecule has 0 bridgehead atoms. The highest BCUT2D eigenvalue weighted by molar-refractivity contribution is 7.16. The van der Waals surface area contributed by atoms with Gasteiger partial charge in [-0.25, -0.2) is 10.1 Å². The Hall–Kier alpha value is -1.76. The molecule has 72 valence electrons. The van der Waals surface area contributed by atoms with Gasteiger partial charge < -0.3 is 5.32 Å². The Balaban J connectivity index is 2.79. The maximum Gasteiger partial charge on any atom is 0.283 e. The second kappa shape index (κ2) is 3.18. The topological polar surface area (TPSA) is 87.7 Å². The van der Waals surface area contributed by atoms with Crippen LogP contribution in [-0.4, -0.2) is 28.1 Å². The van der Waals surface area contributed by atoms with Crippen molar-refractivity contribution in [2.24, 2.45) is 0 Å². The molecule has 2 N–H and O–H groups in total. The third-order valence-corrected chi connectivity index (χ3v) is 2.53. The number of rotatable bonds is 1. The van der Waals surface area contributed by atoms with Crippen LogP contribution in [0.1, 0.15) is 10.5 Å². The Kier molecular flexibility index (Phi) is 2.01. The molecule has 0 unspecified atom stereocenters. The lowest BCUT2D eigenvalue weighted by Crippen LogP contribution is -2.22. The SMILES string of the molecule is CNC(=O)c1n[nH]c(=O)c2scnc12. The largest absolute Gasteiger partial charge is 0.354 e. The van der Waals surface area contributed by atoms with Crippen molar-refractivity contribution in [1.29, 1.82) is 0 Å². The van der Waals surface area contributed by atoms with Gasteiger partial charge in [-0.3, -0.25) is 9.59 Å². The van der Waals surface area contributed by atoms with Gasteiger partial charge >= 0.3 is 0 Å². The number of carbonyl (C=O) groups is 1. The lowest BCUT2D eigenvalue weighted by molar-refractivity contribution is 0.0959. The predicted molar refractivity (Wildman–Crippen MR) is 51.4 cm³/mol.